The molecule has 0 aliphatic rings. The molecule has 1 heterocycles. The quantitative estimate of drug-likeness (QED) is 0.562. The first-order valence-corrected chi connectivity index (χ1v) is 10.5. The Morgan fingerprint density at radius 2 is 2.00 bits per heavy atom. The number of benzene rings is 1. The standard InChI is InChI=1S/C9H8N.BrH.Zn/c1-7-6-8-4-2-3-5-9(8)10-7;;/h2-5,10H,1H3;1H;/q-1;;+2/p-1. The Hall–Kier alpha value is -0.137. The van der Waals surface area contributed by atoms with E-state index < -0.39 is 0 Å². The van der Waals surface area contributed by atoms with Crippen molar-refractivity contribution in [3.8, 4) is 0 Å². The summed E-state index contributed by atoms with van der Waals surface area (Å²) in [5, 5.41) is 1.17. The van der Waals surface area contributed by atoms with Gasteiger partial charge in [0.1, 0.15) is 0 Å². The number of aromatic amines is 1. The number of aryl methyl sites for hydroxylation is 1. The molecule has 1 nitrogen and oxygen atoms in total. The maximum absolute atomic E-state index is 3.20. The van der Waals surface area contributed by atoms with Crippen molar-refractivity contribution in [2.75, 3.05) is 0 Å². The van der Waals surface area contributed by atoms with E-state index in [1.165, 1.54) is 27.2 Å². The average Bonchev–Trinajstić information content (AvgIpc) is 2.48. The summed E-state index contributed by atoms with van der Waals surface area (Å²) in [4.78, 5) is 3.20. The van der Waals surface area contributed by atoms with Crippen molar-refractivity contribution in [1.82, 2.24) is 4.98 Å². The second-order valence-electron chi connectivity index (χ2n) is 2.42. The van der Waals surface area contributed by atoms with E-state index in [0.29, 0.717) is 0 Å². The average molecular weight is 275 g/mol. The van der Waals surface area contributed by atoms with Crippen LogP contribution in [0.25, 0.3) is 10.9 Å². The zero-order chi connectivity index (χ0) is 8.97. The number of hydrogen-bond acceptors (Lipinski definition) is 0. The van der Waals surface area contributed by atoms with Gasteiger partial charge in [-0.05, 0) is 6.92 Å². The Balaban J connectivity index is 0.000000336. The molecule has 3 heteroatoms. The molecular formula is C9H8BrNZn. The van der Waals surface area contributed by atoms with Crippen LogP contribution in [-0.4, -0.2) is 4.98 Å². The molecule has 0 aliphatic carbocycles. The van der Waals surface area contributed by atoms with Crippen molar-refractivity contribution in [3.63, 3.8) is 0 Å². The topological polar surface area (TPSA) is 15.8 Å². The number of fused-ring (bicyclic) bond motifs is 1. The molecule has 0 spiro atoms. The summed E-state index contributed by atoms with van der Waals surface area (Å²) in [7, 11) is 0. The van der Waals surface area contributed by atoms with Crippen LogP contribution in [0.2, 0.25) is 0 Å². The van der Waals surface area contributed by atoms with Crippen LogP contribution in [0, 0.1) is 13.0 Å². The zero-order valence-electron chi connectivity index (χ0n) is 6.89. The van der Waals surface area contributed by atoms with E-state index in [1.807, 2.05) is 19.1 Å². The van der Waals surface area contributed by atoms with Gasteiger partial charge < -0.3 is 4.98 Å². The Bertz CT molecular complexity index is 323. The number of H-pyrrole nitrogens is 1. The van der Waals surface area contributed by atoms with Gasteiger partial charge >= 0.3 is 30.0 Å². The minimum atomic E-state index is 1.10. The third-order valence-electron chi connectivity index (χ3n) is 1.57. The number of aromatic nitrogens is 1. The first-order valence-electron chi connectivity index (χ1n) is 3.59. The third-order valence-corrected chi connectivity index (χ3v) is 1.57. The molecule has 1 aromatic carbocycles. The van der Waals surface area contributed by atoms with Gasteiger partial charge in [-0.25, -0.2) is 0 Å². The van der Waals surface area contributed by atoms with E-state index in [2.05, 4.69) is 36.8 Å². The molecule has 0 saturated carbocycles. The van der Waals surface area contributed by atoms with Crippen molar-refractivity contribution in [1.29, 1.82) is 0 Å². The fourth-order valence-corrected chi connectivity index (χ4v) is 1.14. The first-order chi connectivity index (χ1) is 5.86. The van der Waals surface area contributed by atoms with Crippen LogP contribution in [0.15, 0.2) is 24.3 Å². The van der Waals surface area contributed by atoms with Crippen LogP contribution in [0.5, 0.6) is 0 Å². The molecule has 0 amide bonds. The number of para-hydroxylation sites is 1. The molecule has 1 aromatic heterocycles. The number of nitrogens with one attached hydrogen (secondary N) is 1. The normalized spacial score (nSPS) is 9.33. The van der Waals surface area contributed by atoms with Crippen LogP contribution >= 0.6 is 13.6 Å². The molecule has 0 atom stereocenters. The monoisotopic (exact) mass is 273 g/mol. The Morgan fingerprint density at radius 1 is 1.33 bits per heavy atom. The molecule has 2 rings (SSSR count). The fourth-order valence-electron chi connectivity index (χ4n) is 1.14. The van der Waals surface area contributed by atoms with Gasteiger partial charge in [-0.1, -0.05) is 23.3 Å². The predicted molar refractivity (Wildman–Crippen MR) is 50.8 cm³/mol. The van der Waals surface area contributed by atoms with E-state index in [0.717, 1.165) is 5.69 Å². The maximum atomic E-state index is 3.20. The van der Waals surface area contributed by atoms with Crippen LogP contribution in [0.3, 0.4) is 0 Å². The van der Waals surface area contributed by atoms with Crippen LogP contribution in [0.1, 0.15) is 5.69 Å². The van der Waals surface area contributed by atoms with Gasteiger partial charge in [0.15, 0.2) is 0 Å². The van der Waals surface area contributed by atoms with Crippen molar-refractivity contribution in [2.24, 2.45) is 0 Å². The summed E-state index contributed by atoms with van der Waals surface area (Å²) in [5.41, 5.74) is 2.27. The van der Waals surface area contributed by atoms with Gasteiger partial charge in [0.25, 0.3) is 0 Å². The van der Waals surface area contributed by atoms with E-state index in [4.69, 9.17) is 0 Å². The van der Waals surface area contributed by atoms with E-state index in [-0.39, 0.29) is 0 Å². The molecule has 0 aliphatic heterocycles. The SMILES string of the molecule is Cc1[c-]c2ccccc2[nH]1.[Zn+][Br]. The fraction of sp³-hybridized carbons (Fsp3) is 0.111. The second kappa shape index (κ2) is 4.78. The third kappa shape index (κ3) is 2.18. The Morgan fingerprint density at radius 3 is 2.67 bits per heavy atom. The Labute approximate surface area is 88.6 Å². The van der Waals surface area contributed by atoms with Gasteiger partial charge in [-0.2, -0.15) is 17.5 Å². The van der Waals surface area contributed by atoms with Crippen LogP contribution in [-0.2, 0) is 16.3 Å². The second-order valence-corrected chi connectivity index (χ2v) is 2.42. The van der Waals surface area contributed by atoms with Crippen LogP contribution < -0.4 is 0 Å². The van der Waals surface area contributed by atoms with Gasteiger partial charge in [0.2, 0.25) is 0 Å². The first kappa shape index (κ1) is 9.95. The van der Waals surface area contributed by atoms with Crippen molar-refractivity contribution >= 4 is 24.5 Å². The summed E-state index contributed by atoms with van der Waals surface area (Å²) < 4.78 is 0. The number of hydrogen-bond donors (Lipinski definition) is 1. The van der Waals surface area contributed by atoms with Crippen LogP contribution in [0.4, 0.5) is 0 Å². The van der Waals surface area contributed by atoms with Crippen molar-refractivity contribution in [2.45, 2.75) is 6.92 Å². The van der Waals surface area contributed by atoms with E-state index >= 15 is 0 Å². The summed E-state index contributed by atoms with van der Waals surface area (Å²) >= 11 is 4.25. The number of rotatable bonds is 0. The van der Waals surface area contributed by atoms with Gasteiger partial charge in [-0.15, -0.1) is 6.07 Å². The molecule has 2 aromatic rings. The predicted octanol–water partition coefficient (Wildman–Crippen LogP) is 3.12. The summed E-state index contributed by atoms with van der Waals surface area (Å²) in [5.74, 6) is 0. The molecule has 58 valence electrons. The molecular weight excluding hydrogens is 267 g/mol. The van der Waals surface area contributed by atoms with E-state index in [1.54, 1.807) is 0 Å². The molecule has 0 unspecified atom stereocenters. The van der Waals surface area contributed by atoms with Gasteiger partial charge in [0.05, 0.1) is 0 Å². The summed E-state index contributed by atoms with van der Waals surface area (Å²) in [6, 6.07) is 11.4. The molecule has 0 saturated heterocycles. The van der Waals surface area contributed by atoms with Crippen molar-refractivity contribution in [3.05, 3.63) is 36.0 Å². The van der Waals surface area contributed by atoms with Crippen molar-refractivity contribution < 1.29 is 16.3 Å². The Kier molecular flexibility index (Phi) is 3.97. The molecule has 0 radical (unpaired) electrons. The minimum absolute atomic E-state index is 1.10. The summed E-state index contributed by atoms with van der Waals surface area (Å²) in [6.45, 7) is 2.01. The van der Waals surface area contributed by atoms with Gasteiger partial charge in [-0.3, -0.25) is 0 Å². The number of halogens is 1. The van der Waals surface area contributed by atoms with E-state index in [9.17, 15) is 0 Å². The zero-order valence-corrected chi connectivity index (χ0v) is 11.4. The molecule has 1 N–H and O–H groups in total. The molecule has 0 bridgehead atoms. The summed E-state index contributed by atoms with van der Waals surface area (Å²) in [6.07, 6.45) is 0. The molecule has 0 fully saturated rings. The molecule has 12 heavy (non-hydrogen) atoms. The van der Waals surface area contributed by atoms with Gasteiger partial charge in [0, 0.05) is 0 Å².